The van der Waals surface area contributed by atoms with Crippen LogP contribution in [0.15, 0.2) is 18.2 Å². The van der Waals surface area contributed by atoms with E-state index in [0.29, 0.717) is 11.6 Å². The molecule has 1 rings (SSSR count). The predicted octanol–water partition coefficient (Wildman–Crippen LogP) is 2.14. The number of phenolic OH excluding ortho intramolecular Hbond substituents is 1. The maximum Gasteiger partial charge on any atom is 0.255 e. The van der Waals surface area contributed by atoms with Crippen molar-refractivity contribution in [2.24, 2.45) is 0 Å². The van der Waals surface area contributed by atoms with E-state index in [2.05, 4.69) is 5.32 Å². The molecule has 0 radical (unpaired) electrons. The summed E-state index contributed by atoms with van der Waals surface area (Å²) in [6.07, 6.45) is 1.96. The van der Waals surface area contributed by atoms with Gasteiger partial charge < -0.3 is 10.4 Å². The molecule has 3 nitrogen and oxygen atoms in total. The summed E-state index contributed by atoms with van der Waals surface area (Å²) in [5, 5.41) is 12.6. The summed E-state index contributed by atoms with van der Waals surface area (Å²) in [5.41, 5.74) is 0.212. The van der Waals surface area contributed by atoms with Crippen LogP contribution in [-0.2, 0) is 0 Å². The van der Waals surface area contributed by atoms with Gasteiger partial charge >= 0.3 is 0 Å². The number of rotatable bonds is 4. The Morgan fingerprint density at radius 2 is 2.33 bits per heavy atom. The molecule has 82 valence electrons. The van der Waals surface area contributed by atoms with E-state index in [1.54, 1.807) is 11.8 Å². The van der Waals surface area contributed by atoms with E-state index in [-0.39, 0.29) is 17.2 Å². The zero-order valence-electron chi connectivity index (χ0n) is 8.29. The molecule has 0 bridgehead atoms. The van der Waals surface area contributed by atoms with Crippen LogP contribution in [0, 0.1) is 0 Å². The zero-order valence-corrected chi connectivity index (χ0v) is 9.86. The Balaban J connectivity index is 2.68. The largest absolute Gasteiger partial charge is 0.507 e. The highest BCUT2D eigenvalue weighted by molar-refractivity contribution is 7.98. The Morgan fingerprint density at radius 3 is 3.00 bits per heavy atom. The number of hydrogen-bond donors (Lipinski definition) is 2. The van der Waals surface area contributed by atoms with Gasteiger partial charge in [0.25, 0.3) is 5.91 Å². The summed E-state index contributed by atoms with van der Waals surface area (Å²) in [6.45, 7) is 0.575. The number of benzene rings is 1. The zero-order chi connectivity index (χ0) is 11.3. The number of phenols is 1. The van der Waals surface area contributed by atoms with Gasteiger partial charge in [0, 0.05) is 17.3 Å². The van der Waals surface area contributed by atoms with Crippen LogP contribution in [0.2, 0.25) is 5.02 Å². The van der Waals surface area contributed by atoms with E-state index in [0.717, 1.165) is 5.75 Å². The van der Waals surface area contributed by atoms with Crippen LogP contribution < -0.4 is 5.32 Å². The van der Waals surface area contributed by atoms with Crippen molar-refractivity contribution in [3.8, 4) is 5.75 Å². The molecule has 0 aliphatic rings. The lowest BCUT2D eigenvalue weighted by Gasteiger charge is -2.06. The van der Waals surface area contributed by atoms with Crippen molar-refractivity contribution in [3.05, 3.63) is 28.8 Å². The summed E-state index contributed by atoms with van der Waals surface area (Å²) in [5.74, 6) is 0.484. The van der Waals surface area contributed by atoms with Crippen molar-refractivity contribution in [2.45, 2.75) is 0 Å². The molecular formula is C10H12ClNO2S. The van der Waals surface area contributed by atoms with Crippen LogP contribution in [0.4, 0.5) is 0 Å². The van der Waals surface area contributed by atoms with Crippen LogP contribution in [-0.4, -0.2) is 29.6 Å². The highest BCUT2D eigenvalue weighted by atomic mass is 35.5. The summed E-state index contributed by atoms with van der Waals surface area (Å²) >= 11 is 7.37. The van der Waals surface area contributed by atoms with Gasteiger partial charge in [-0.25, -0.2) is 0 Å². The first-order valence-electron chi connectivity index (χ1n) is 4.41. The first kappa shape index (κ1) is 12.2. The third kappa shape index (κ3) is 3.64. The number of halogens is 1. The van der Waals surface area contributed by atoms with Gasteiger partial charge in [-0.2, -0.15) is 11.8 Å². The lowest BCUT2D eigenvalue weighted by Crippen LogP contribution is -2.25. The van der Waals surface area contributed by atoms with E-state index in [1.807, 2.05) is 6.26 Å². The molecule has 0 unspecified atom stereocenters. The molecule has 0 saturated carbocycles. The molecule has 0 fully saturated rings. The molecule has 15 heavy (non-hydrogen) atoms. The molecule has 0 aliphatic heterocycles. The maximum absolute atomic E-state index is 11.6. The maximum atomic E-state index is 11.6. The van der Waals surface area contributed by atoms with Crippen molar-refractivity contribution >= 4 is 29.3 Å². The minimum absolute atomic E-state index is 0.0546. The lowest BCUT2D eigenvalue weighted by molar-refractivity contribution is 0.0953. The third-order valence-electron chi connectivity index (χ3n) is 1.79. The smallest absolute Gasteiger partial charge is 0.255 e. The summed E-state index contributed by atoms with van der Waals surface area (Å²) < 4.78 is 0. The van der Waals surface area contributed by atoms with Crippen molar-refractivity contribution in [1.29, 1.82) is 0 Å². The molecule has 1 amide bonds. The fourth-order valence-electron chi connectivity index (χ4n) is 1.05. The van der Waals surface area contributed by atoms with Gasteiger partial charge in [-0.15, -0.1) is 0 Å². The van der Waals surface area contributed by atoms with E-state index in [1.165, 1.54) is 18.2 Å². The number of thioether (sulfide) groups is 1. The Kier molecular flexibility index (Phi) is 4.78. The van der Waals surface area contributed by atoms with Crippen molar-refractivity contribution in [1.82, 2.24) is 5.32 Å². The quantitative estimate of drug-likeness (QED) is 0.799. The summed E-state index contributed by atoms with van der Waals surface area (Å²) in [6, 6.07) is 4.40. The molecule has 1 aromatic rings. The Morgan fingerprint density at radius 1 is 1.60 bits per heavy atom. The van der Waals surface area contributed by atoms with Gasteiger partial charge in [0.1, 0.15) is 5.75 Å². The highest BCUT2D eigenvalue weighted by Crippen LogP contribution is 2.21. The van der Waals surface area contributed by atoms with Gasteiger partial charge in [0.15, 0.2) is 0 Å². The monoisotopic (exact) mass is 245 g/mol. The Hall–Kier alpha value is -0.870. The van der Waals surface area contributed by atoms with Crippen LogP contribution in [0.25, 0.3) is 0 Å². The van der Waals surface area contributed by atoms with Gasteiger partial charge in [0.05, 0.1) is 5.56 Å². The van der Waals surface area contributed by atoms with Crippen LogP contribution in [0.1, 0.15) is 10.4 Å². The standard InChI is InChI=1S/C10H12ClNO2S/c1-15-5-4-12-10(14)8-6-7(11)2-3-9(8)13/h2-3,6,13H,4-5H2,1H3,(H,12,14). The summed E-state index contributed by atoms with van der Waals surface area (Å²) in [7, 11) is 0. The number of hydrogen-bond acceptors (Lipinski definition) is 3. The SMILES string of the molecule is CSCCNC(=O)c1cc(Cl)ccc1O. The molecule has 0 aliphatic carbocycles. The van der Waals surface area contributed by atoms with Gasteiger partial charge in [-0.1, -0.05) is 11.6 Å². The predicted molar refractivity (Wildman–Crippen MR) is 63.8 cm³/mol. The number of carbonyl (C=O) groups is 1. The topological polar surface area (TPSA) is 49.3 Å². The van der Waals surface area contributed by atoms with E-state index < -0.39 is 0 Å². The Bertz CT molecular complexity index is 357. The number of aromatic hydroxyl groups is 1. The summed E-state index contributed by atoms with van der Waals surface area (Å²) in [4.78, 5) is 11.6. The highest BCUT2D eigenvalue weighted by Gasteiger charge is 2.10. The molecular weight excluding hydrogens is 234 g/mol. The molecule has 0 heterocycles. The minimum Gasteiger partial charge on any atom is -0.507 e. The third-order valence-corrected chi connectivity index (χ3v) is 2.64. The van der Waals surface area contributed by atoms with Crippen molar-refractivity contribution < 1.29 is 9.90 Å². The minimum atomic E-state index is -0.302. The second kappa shape index (κ2) is 5.88. The normalized spacial score (nSPS) is 10.0. The molecule has 5 heteroatoms. The van der Waals surface area contributed by atoms with Crippen LogP contribution in [0.3, 0.4) is 0 Å². The molecule has 0 spiro atoms. The first-order chi connectivity index (χ1) is 7.15. The average molecular weight is 246 g/mol. The fourth-order valence-corrected chi connectivity index (χ4v) is 1.53. The molecule has 2 N–H and O–H groups in total. The molecule has 0 atom stereocenters. The molecule has 0 saturated heterocycles. The van der Waals surface area contributed by atoms with E-state index >= 15 is 0 Å². The second-order valence-corrected chi connectivity index (χ2v) is 4.33. The first-order valence-corrected chi connectivity index (χ1v) is 6.18. The fraction of sp³-hybridized carbons (Fsp3) is 0.300. The van der Waals surface area contributed by atoms with E-state index in [4.69, 9.17) is 11.6 Å². The number of amides is 1. The Labute approximate surface area is 97.8 Å². The van der Waals surface area contributed by atoms with Gasteiger partial charge in [-0.3, -0.25) is 4.79 Å². The van der Waals surface area contributed by atoms with Crippen molar-refractivity contribution in [3.63, 3.8) is 0 Å². The second-order valence-electron chi connectivity index (χ2n) is 2.91. The number of nitrogens with one attached hydrogen (secondary N) is 1. The lowest BCUT2D eigenvalue weighted by atomic mass is 10.2. The molecule has 0 aromatic heterocycles. The van der Waals surface area contributed by atoms with Crippen LogP contribution >= 0.6 is 23.4 Å². The average Bonchev–Trinajstić information content (AvgIpc) is 2.22. The van der Waals surface area contributed by atoms with Gasteiger partial charge in [0.2, 0.25) is 0 Å². The van der Waals surface area contributed by atoms with Gasteiger partial charge in [-0.05, 0) is 24.5 Å². The van der Waals surface area contributed by atoms with Crippen molar-refractivity contribution in [2.75, 3.05) is 18.6 Å². The number of carbonyl (C=O) groups excluding carboxylic acids is 1. The van der Waals surface area contributed by atoms with E-state index in [9.17, 15) is 9.90 Å². The molecule has 1 aromatic carbocycles. The van der Waals surface area contributed by atoms with Crippen LogP contribution in [0.5, 0.6) is 5.75 Å².